The van der Waals surface area contributed by atoms with Crippen molar-refractivity contribution >= 4 is 5.91 Å². The van der Waals surface area contributed by atoms with E-state index in [0.717, 1.165) is 44.5 Å². The molecule has 27 heavy (non-hydrogen) atoms. The van der Waals surface area contributed by atoms with Crippen molar-refractivity contribution in [2.75, 3.05) is 19.6 Å². The molecule has 2 aliphatic rings. The first-order valence-corrected chi connectivity index (χ1v) is 9.88. The molecule has 2 aromatic carbocycles. The number of benzene rings is 2. The summed E-state index contributed by atoms with van der Waals surface area (Å²) in [6.45, 7) is 4.61. The lowest BCUT2D eigenvalue weighted by Gasteiger charge is -2.43. The van der Waals surface area contributed by atoms with Crippen LogP contribution in [0.5, 0.6) is 0 Å². The standard InChI is InChI=1S/C23H27FN2O/c1-17(27)25-23(20-7-3-2-4-8-20)10-12-26(13-11-23)16-19-15-22(19)18-6-5-9-21(24)14-18/h2-9,14,19,22H,10-13,15-16H2,1H3,(H,25,27)/t19-,22+/m0/s1. The van der Waals surface area contributed by atoms with Gasteiger partial charge in [0.25, 0.3) is 0 Å². The highest BCUT2D eigenvalue weighted by atomic mass is 19.1. The Bertz CT molecular complexity index is 799. The molecule has 1 amide bonds. The molecule has 1 saturated carbocycles. The quantitative estimate of drug-likeness (QED) is 0.866. The third-order valence-electron chi connectivity index (χ3n) is 6.14. The van der Waals surface area contributed by atoms with Gasteiger partial charge in [0.05, 0.1) is 5.54 Å². The first-order chi connectivity index (χ1) is 13.1. The highest BCUT2D eigenvalue weighted by Gasteiger charge is 2.42. The predicted molar refractivity (Wildman–Crippen MR) is 105 cm³/mol. The molecule has 1 N–H and O–H groups in total. The molecule has 1 aliphatic heterocycles. The first-order valence-electron chi connectivity index (χ1n) is 9.88. The molecule has 2 atom stereocenters. The van der Waals surface area contributed by atoms with Crippen molar-refractivity contribution < 1.29 is 9.18 Å². The van der Waals surface area contributed by atoms with Crippen LogP contribution < -0.4 is 5.32 Å². The van der Waals surface area contributed by atoms with Gasteiger partial charge in [-0.05, 0) is 54.4 Å². The minimum Gasteiger partial charge on any atom is -0.347 e. The number of hydrogen-bond acceptors (Lipinski definition) is 2. The Morgan fingerprint density at radius 2 is 1.89 bits per heavy atom. The zero-order valence-corrected chi connectivity index (χ0v) is 15.8. The van der Waals surface area contributed by atoms with Gasteiger partial charge in [-0.2, -0.15) is 0 Å². The molecule has 2 fully saturated rings. The number of rotatable bonds is 5. The third kappa shape index (κ3) is 4.06. The molecule has 1 aliphatic carbocycles. The lowest BCUT2D eigenvalue weighted by molar-refractivity contribution is -0.121. The van der Waals surface area contributed by atoms with Gasteiger partial charge < -0.3 is 10.2 Å². The van der Waals surface area contributed by atoms with E-state index in [-0.39, 0.29) is 17.3 Å². The van der Waals surface area contributed by atoms with E-state index in [0.29, 0.717) is 11.8 Å². The summed E-state index contributed by atoms with van der Waals surface area (Å²) in [6, 6.07) is 17.4. The van der Waals surface area contributed by atoms with Crippen LogP contribution in [0.1, 0.15) is 43.2 Å². The SMILES string of the molecule is CC(=O)NC1(c2ccccc2)CCN(C[C@@H]2C[C@@H]2c2cccc(F)c2)CC1. The van der Waals surface area contributed by atoms with E-state index in [1.807, 2.05) is 30.3 Å². The fourth-order valence-electron chi connectivity index (χ4n) is 4.62. The minimum atomic E-state index is -0.255. The van der Waals surface area contributed by atoms with Crippen molar-refractivity contribution in [1.29, 1.82) is 0 Å². The summed E-state index contributed by atoms with van der Waals surface area (Å²) in [7, 11) is 0. The molecule has 1 saturated heterocycles. The molecule has 0 unspecified atom stereocenters. The fraction of sp³-hybridized carbons (Fsp3) is 0.435. The molecule has 0 aromatic heterocycles. The van der Waals surface area contributed by atoms with Crippen LogP contribution in [-0.2, 0) is 10.3 Å². The molecule has 0 radical (unpaired) electrons. The van der Waals surface area contributed by atoms with Crippen LogP contribution in [0.3, 0.4) is 0 Å². The van der Waals surface area contributed by atoms with Crippen LogP contribution in [0, 0.1) is 11.7 Å². The molecule has 0 bridgehead atoms. The van der Waals surface area contributed by atoms with Gasteiger partial charge in [0.1, 0.15) is 5.82 Å². The van der Waals surface area contributed by atoms with E-state index in [2.05, 4.69) is 22.3 Å². The highest BCUT2D eigenvalue weighted by Crippen LogP contribution is 2.48. The van der Waals surface area contributed by atoms with Gasteiger partial charge in [0, 0.05) is 26.6 Å². The Kier molecular flexibility index (Phi) is 5.00. The summed E-state index contributed by atoms with van der Waals surface area (Å²) in [4.78, 5) is 14.3. The Morgan fingerprint density at radius 3 is 2.56 bits per heavy atom. The van der Waals surface area contributed by atoms with Crippen molar-refractivity contribution in [2.24, 2.45) is 5.92 Å². The van der Waals surface area contributed by atoms with E-state index in [9.17, 15) is 9.18 Å². The molecular formula is C23H27FN2O. The third-order valence-corrected chi connectivity index (χ3v) is 6.14. The number of halogens is 1. The zero-order valence-electron chi connectivity index (χ0n) is 15.8. The Labute approximate surface area is 160 Å². The molecule has 142 valence electrons. The second-order valence-corrected chi connectivity index (χ2v) is 8.09. The van der Waals surface area contributed by atoms with Crippen LogP contribution in [0.2, 0.25) is 0 Å². The lowest BCUT2D eigenvalue weighted by atomic mass is 9.80. The maximum Gasteiger partial charge on any atom is 0.217 e. The fourth-order valence-corrected chi connectivity index (χ4v) is 4.62. The summed E-state index contributed by atoms with van der Waals surface area (Å²) < 4.78 is 13.4. The topological polar surface area (TPSA) is 32.3 Å². The number of piperidine rings is 1. The van der Waals surface area contributed by atoms with Gasteiger partial charge >= 0.3 is 0 Å². The zero-order chi connectivity index (χ0) is 18.9. The number of carbonyl (C=O) groups is 1. The lowest BCUT2D eigenvalue weighted by Crippen LogP contribution is -2.52. The molecule has 3 nitrogen and oxygen atoms in total. The van der Waals surface area contributed by atoms with Gasteiger partial charge in [-0.3, -0.25) is 4.79 Å². The highest BCUT2D eigenvalue weighted by molar-refractivity contribution is 5.74. The minimum absolute atomic E-state index is 0.0284. The van der Waals surface area contributed by atoms with Gasteiger partial charge in [-0.25, -0.2) is 4.39 Å². The summed E-state index contributed by atoms with van der Waals surface area (Å²) in [5.74, 6) is 1.01. The molecule has 4 rings (SSSR count). The van der Waals surface area contributed by atoms with Crippen LogP contribution in [0.15, 0.2) is 54.6 Å². The molecule has 0 spiro atoms. The van der Waals surface area contributed by atoms with Crippen LogP contribution >= 0.6 is 0 Å². The Morgan fingerprint density at radius 1 is 1.15 bits per heavy atom. The van der Waals surface area contributed by atoms with Gasteiger partial charge in [-0.1, -0.05) is 42.5 Å². The maximum absolute atomic E-state index is 13.4. The molecule has 1 heterocycles. The van der Waals surface area contributed by atoms with Crippen molar-refractivity contribution in [1.82, 2.24) is 10.2 Å². The second-order valence-electron chi connectivity index (χ2n) is 8.09. The average molecular weight is 366 g/mol. The summed E-state index contributed by atoms with van der Waals surface area (Å²) in [5, 5.41) is 3.23. The molecular weight excluding hydrogens is 339 g/mol. The Hall–Kier alpha value is -2.20. The number of nitrogens with zero attached hydrogens (tertiary/aromatic N) is 1. The van der Waals surface area contributed by atoms with E-state index in [1.54, 1.807) is 13.0 Å². The van der Waals surface area contributed by atoms with Crippen LogP contribution in [0.25, 0.3) is 0 Å². The predicted octanol–water partition coefficient (Wildman–Crippen LogP) is 4.06. The summed E-state index contributed by atoms with van der Waals surface area (Å²) in [5.41, 5.74) is 2.08. The van der Waals surface area contributed by atoms with E-state index in [1.165, 1.54) is 11.6 Å². The van der Waals surface area contributed by atoms with E-state index >= 15 is 0 Å². The largest absolute Gasteiger partial charge is 0.347 e. The van der Waals surface area contributed by atoms with Crippen molar-refractivity contribution in [3.63, 3.8) is 0 Å². The smallest absolute Gasteiger partial charge is 0.217 e. The van der Waals surface area contributed by atoms with E-state index < -0.39 is 0 Å². The number of nitrogens with one attached hydrogen (secondary N) is 1. The van der Waals surface area contributed by atoms with Crippen molar-refractivity contribution in [2.45, 2.75) is 37.6 Å². The molecule has 2 aromatic rings. The van der Waals surface area contributed by atoms with Crippen molar-refractivity contribution in [3.05, 3.63) is 71.5 Å². The molecule has 4 heteroatoms. The normalized spacial score (nSPS) is 24.4. The van der Waals surface area contributed by atoms with Gasteiger partial charge in [-0.15, -0.1) is 0 Å². The van der Waals surface area contributed by atoms with E-state index in [4.69, 9.17) is 0 Å². The number of likely N-dealkylation sites (tertiary alicyclic amines) is 1. The summed E-state index contributed by atoms with van der Waals surface area (Å²) in [6.07, 6.45) is 3.00. The second kappa shape index (κ2) is 7.43. The average Bonchev–Trinajstić information content (AvgIpc) is 3.43. The maximum atomic E-state index is 13.4. The van der Waals surface area contributed by atoms with Gasteiger partial charge in [0.2, 0.25) is 5.91 Å². The first kappa shape index (κ1) is 18.2. The number of carbonyl (C=O) groups excluding carboxylic acids is 1. The van der Waals surface area contributed by atoms with Crippen LogP contribution in [-0.4, -0.2) is 30.4 Å². The monoisotopic (exact) mass is 366 g/mol. The summed E-state index contributed by atoms with van der Waals surface area (Å²) >= 11 is 0. The van der Waals surface area contributed by atoms with Crippen LogP contribution in [0.4, 0.5) is 4.39 Å². The van der Waals surface area contributed by atoms with Crippen molar-refractivity contribution in [3.8, 4) is 0 Å². The number of amides is 1. The number of hydrogen-bond donors (Lipinski definition) is 1. The Balaban J connectivity index is 1.37. The van der Waals surface area contributed by atoms with Gasteiger partial charge in [0.15, 0.2) is 0 Å².